The van der Waals surface area contributed by atoms with Gasteiger partial charge in [0.05, 0.1) is 6.21 Å². The van der Waals surface area contributed by atoms with Gasteiger partial charge in [-0.15, -0.1) is 0 Å². The number of fused-ring (bicyclic) bond motifs is 2. The standard InChI is InChI=1S/C17H14N2S2/c1-21-17(20)19-18-11-12-6-7-15-9-13-4-2-3-5-14(13)10-16(15)8-12/h2-11H,1H3,(H,19,20)/b18-11+. The molecule has 3 rings (SSSR count). The zero-order valence-corrected chi connectivity index (χ0v) is 13.2. The molecule has 3 aromatic rings. The van der Waals surface area contributed by atoms with E-state index >= 15 is 0 Å². The highest BCUT2D eigenvalue weighted by Gasteiger charge is 1.98. The van der Waals surface area contributed by atoms with Crippen molar-refractivity contribution in [3.05, 3.63) is 60.2 Å². The van der Waals surface area contributed by atoms with Crippen molar-refractivity contribution in [3.63, 3.8) is 0 Å². The van der Waals surface area contributed by atoms with Crippen LogP contribution in [-0.4, -0.2) is 16.8 Å². The number of nitrogens with zero attached hydrogens (tertiary/aromatic N) is 1. The maximum Gasteiger partial charge on any atom is 0.153 e. The lowest BCUT2D eigenvalue weighted by Crippen LogP contribution is -2.10. The van der Waals surface area contributed by atoms with E-state index in [1.807, 2.05) is 6.26 Å². The lowest BCUT2D eigenvalue weighted by atomic mass is 10.0. The Hall–Kier alpha value is -1.91. The Balaban J connectivity index is 1.95. The van der Waals surface area contributed by atoms with Crippen molar-refractivity contribution in [2.75, 3.05) is 6.26 Å². The van der Waals surface area contributed by atoms with Gasteiger partial charge in [0.25, 0.3) is 0 Å². The highest BCUT2D eigenvalue weighted by Crippen LogP contribution is 2.23. The van der Waals surface area contributed by atoms with Gasteiger partial charge in [-0.2, -0.15) is 5.10 Å². The van der Waals surface area contributed by atoms with Crippen molar-refractivity contribution >= 4 is 56.1 Å². The summed E-state index contributed by atoms with van der Waals surface area (Å²) in [5.74, 6) is 0. The molecule has 0 bridgehead atoms. The van der Waals surface area contributed by atoms with Crippen LogP contribution in [0.2, 0.25) is 0 Å². The lowest BCUT2D eigenvalue weighted by molar-refractivity contribution is 1.07. The molecule has 0 amide bonds. The topological polar surface area (TPSA) is 24.4 Å². The number of hydrazone groups is 1. The maximum absolute atomic E-state index is 5.04. The first-order chi connectivity index (χ1) is 10.3. The number of hydrogen-bond acceptors (Lipinski definition) is 3. The van der Waals surface area contributed by atoms with Crippen LogP contribution in [0.1, 0.15) is 5.56 Å². The molecule has 0 saturated heterocycles. The molecule has 0 aliphatic heterocycles. The second-order valence-corrected chi connectivity index (χ2v) is 6.15. The van der Waals surface area contributed by atoms with E-state index in [4.69, 9.17) is 12.2 Å². The molecule has 0 unspecified atom stereocenters. The fourth-order valence-electron chi connectivity index (χ4n) is 2.24. The number of rotatable bonds is 2. The summed E-state index contributed by atoms with van der Waals surface area (Å²) in [7, 11) is 0. The van der Waals surface area contributed by atoms with Crippen LogP contribution in [-0.2, 0) is 0 Å². The SMILES string of the molecule is CSC(=S)N/N=C/c1ccc2cc3ccccc3cc2c1. The van der Waals surface area contributed by atoms with Crippen LogP contribution in [0, 0.1) is 0 Å². The Morgan fingerprint density at radius 2 is 1.67 bits per heavy atom. The third kappa shape index (κ3) is 3.23. The van der Waals surface area contributed by atoms with Crippen LogP contribution < -0.4 is 5.43 Å². The molecule has 0 aromatic heterocycles. The zero-order valence-electron chi connectivity index (χ0n) is 11.5. The second-order valence-electron chi connectivity index (χ2n) is 4.67. The molecule has 0 saturated carbocycles. The smallest absolute Gasteiger partial charge is 0.153 e. The molecule has 0 spiro atoms. The Kier molecular flexibility index (Phi) is 4.18. The molecule has 4 heteroatoms. The van der Waals surface area contributed by atoms with E-state index in [0.29, 0.717) is 4.32 Å². The molecule has 1 N–H and O–H groups in total. The van der Waals surface area contributed by atoms with Crippen LogP contribution in [0.5, 0.6) is 0 Å². The molecule has 3 aromatic carbocycles. The quantitative estimate of drug-likeness (QED) is 0.325. The average Bonchev–Trinajstić information content (AvgIpc) is 2.52. The fraction of sp³-hybridized carbons (Fsp3) is 0.0588. The predicted octanol–water partition coefficient (Wildman–Crippen LogP) is 4.56. The molecule has 21 heavy (non-hydrogen) atoms. The first-order valence-corrected chi connectivity index (χ1v) is 8.19. The van der Waals surface area contributed by atoms with Gasteiger partial charge in [-0.3, -0.25) is 5.43 Å². The van der Waals surface area contributed by atoms with Crippen molar-refractivity contribution in [3.8, 4) is 0 Å². The Morgan fingerprint density at radius 3 is 2.38 bits per heavy atom. The average molecular weight is 310 g/mol. The van der Waals surface area contributed by atoms with Crippen molar-refractivity contribution < 1.29 is 0 Å². The molecule has 0 atom stereocenters. The summed E-state index contributed by atoms with van der Waals surface area (Å²) >= 11 is 6.51. The van der Waals surface area contributed by atoms with Gasteiger partial charge in [-0.05, 0) is 51.6 Å². The number of thioether (sulfide) groups is 1. The van der Waals surface area contributed by atoms with Crippen LogP contribution in [0.15, 0.2) is 59.7 Å². The molecule has 0 fully saturated rings. The summed E-state index contributed by atoms with van der Waals surface area (Å²) < 4.78 is 0.665. The van der Waals surface area contributed by atoms with Crippen LogP contribution in [0.25, 0.3) is 21.5 Å². The molecular weight excluding hydrogens is 296 g/mol. The van der Waals surface area contributed by atoms with E-state index in [2.05, 4.69) is 65.1 Å². The summed E-state index contributed by atoms with van der Waals surface area (Å²) in [6.07, 6.45) is 3.71. The predicted molar refractivity (Wildman–Crippen MR) is 98.3 cm³/mol. The first kappa shape index (κ1) is 14.0. The van der Waals surface area contributed by atoms with Crippen LogP contribution >= 0.6 is 24.0 Å². The van der Waals surface area contributed by atoms with Gasteiger partial charge in [0.1, 0.15) is 0 Å². The Labute approximate surface area is 133 Å². The van der Waals surface area contributed by atoms with E-state index in [-0.39, 0.29) is 0 Å². The number of hydrogen-bond donors (Lipinski definition) is 1. The normalized spacial score (nSPS) is 11.3. The molecule has 0 radical (unpaired) electrons. The van der Waals surface area contributed by atoms with Gasteiger partial charge in [-0.25, -0.2) is 0 Å². The van der Waals surface area contributed by atoms with Gasteiger partial charge in [-0.1, -0.05) is 60.4 Å². The van der Waals surface area contributed by atoms with Gasteiger partial charge in [0.2, 0.25) is 0 Å². The highest BCUT2D eigenvalue weighted by molar-refractivity contribution is 8.22. The third-order valence-electron chi connectivity index (χ3n) is 3.28. The maximum atomic E-state index is 5.04. The molecule has 0 aliphatic carbocycles. The van der Waals surface area contributed by atoms with Crippen molar-refractivity contribution in [2.24, 2.45) is 5.10 Å². The minimum Gasteiger partial charge on any atom is -0.262 e. The van der Waals surface area contributed by atoms with E-state index in [1.165, 1.54) is 33.3 Å². The molecule has 0 aliphatic rings. The zero-order chi connectivity index (χ0) is 14.7. The summed E-state index contributed by atoms with van der Waals surface area (Å²) in [6.45, 7) is 0. The van der Waals surface area contributed by atoms with E-state index in [0.717, 1.165) is 5.56 Å². The molecule has 2 nitrogen and oxygen atoms in total. The monoisotopic (exact) mass is 310 g/mol. The van der Waals surface area contributed by atoms with Gasteiger partial charge < -0.3 is 0 Å². The largest absolute Gasteiger partial charge is 0.262 e. The number of thiocarbonyl (C=S) groups is 1. The summed E-state index contributed by atoms with van der Waals surface area (Å²) in [5, 5.41) is 9.11. The third-order valence-corrected chi connectivity index (χ3v) is 4.34. The van der Waals surface area contributed by atoms with Crippen LogP contribution in [0.3, 0.4) is 0 Å². The lowest BCUT2D eigenvalue weighted by Gasteiger charge is -2.03. The number of benzene rings is 3. The van der Waals surface area contributed by atoms with Crippen molar-refractivity contribution in [1.82, 2.24) is 5.43 Å². The van der Waals surface area contributed by atoms with E-state index in [9.17, 15) is 0 Å². The fourth-order valence-corrected chi connectivity index (χ4v) is 2.44. The van der Waals surface area contributed by atoms with E-state index in [1.54, 1.807) is 6.21 Å². The minimum atomic E-state index is 0.665. The van der Waals surface area contributed by atoms with Gasteiger partial charge in [0, 0.05) is 0 Å². The van der Waals surface area contributed by atoms with Crippen LogP contribution in [0.4, 0.5) is 0 Å². The Morgan fingerprint density at radius 1 is 1.00 bits per heavy atom. The van der Waals surface area contributed by atoms with E-state index < -0.39 is 0 Å². The minimum absolute atomic E-state index is 0.665. The molecule has 0 heterocycles. The summed E-state index contributed by atoms with van der Waals surface area (Å²) in [5.41, 5.74) is 3.87. The summed E-state index contributed by atoms with van der Waals surface area (Å²) in [6, 6.07) is 19.1. The summed E-state index contributed by atoms with van der Waals surface area (Å²) in [4.78, 5) is 0. The van der Waals surface area contributed by atoms with Crippen molar-refractivity contribution in [1.29, 1.82) is 0 Å². The van der Waals surface area contributed by atoms with Gasteiger partial charge in [0.15, 0.2) is 4.32 Å². The van der Waals surface area contributed by atoms with Gasteiger partial charge >= 0.3 is 0 Å². The first-order valence-electron chi connectivity index (χ1n) is 6.56. The molecule has 104 valence electrons. The van der Waals surface area contributed by atoms with Crippen molar-refractivity contribution in [2.45, 2.75) is 0 Å². The second kappa shape index (κ2) is 6.24. The molecular formula is C17H14N2S2. The highest BCUT2D eigenvalue weighted by atomic mass is 32.2. The number of nitrogens with one attached hydrogen (secondary N) is 1. The Bertz CT molecular complexity index is 840.